The number of aromatic nitrogens is 3. The number of nitrogens with zero attached hydrogens (tertiary/aromatic N) is 5. The highest BCUT2D eigenvalue weighted by Crippen LogP contribution is 2.26. The summed E-state index contributed by atoms with van der Waals surface area (Å²) in [6.07, 6.45) is 2.76. The number of carbonyl (C=O) groups is 1. The third kappa shape index (κ3) is 3.68. The molecule has 6 heteroatoms. The molecule has 0 unspecified atom stereocenters. The quantitative estimate of drug-likeness (QED) is 0.688. The summed E-state index contributed by atoms with van der Waals surface area (Å²) in [6, 6.07) is 20.6. The third-order valence-electron chi connectivity index (χ3n) is 5.41. The van der Waals surface area contributed by atoms with Crippen molar-refractivity contribution in [1.29, 1.82) is 0 Å². The lowest BCUT2D eigenvalue weighted by Crippen LogP contribution is -2.34. The molecule has 1 atom stereocenters. The standard InChI is InChI=1S/C22H25N5O/c1-25(2)19-13-14-26(15-19)22(28)20-16-27(24-23-20)21(17-9-5-3-6-10-17)18-11-7-4-8-12-18/h3-12,16,19,21H,13-15H2,1-2H3/t19-/m0/s1. The third-order valence-corrected chi connectivity index (χ3v) is 5.41. The summed E-state index contributed by atoms with van der Waals surface area (Å²) < 4.78 is 1.79. The van der Waals surface area contributed by atoms with E-state index in [1.54, 1.807) is 10.9 Å². The molecule has 6 nitrogen and oxygen atoms in total. The molecule has 0 N–H and O–H groups in total. The van der Waals surface area contributed by atoms with Crippen molar-refractivity contribution in [2.24, 2.45) is 0 Å². The van der Waals surface area contributed by atoms with Gasteiger partial charge in [-0.05, 0) is 31.6 Å². The first-order chi connectivity index (χ1) is 13.6. The normalized spacial score (nSPS) is 16.9. The van der Waals surface area contributed by atoms with E-state index < -0.39 is 0 Å². The van der Waals surface area contributed by atoms with Crippen molar-refractivity contribution in [1.82, 2.24) is 24.8 Å². The zero-order chi connectivity index (χ0) is 19.5. The first-order valence-corrected chi connectivity index (χ1v) is 9.61. The van der Waals surface area contributed by atoms with Crippen LogP contribution in [0, 0.1) is 0 Å². The minimum atomic E-state index is -0.121. The molecule has 0 saturated carbocycles. The number of benzene rings is 2. The lowest BCUT2D eigenvalue weighted by molar-refractivity contribution is 0.0777. The molecule has 2 heterocycles. The van der Waals surface area contributed by atoms with Crippen LogP contribution >= 0.6 is 0 Å². The van der Waals surface area contributed by atoms with Gasteiger partial charge in [0.25, 0.3) is 5.91 Å². The Balaban J connectivity index is 1.62. The van der Waals surface area contributed by atoms with Gasteiger partial charge in [0, 0.05) is 19.1 Å². The largest absolute Gasteiger partial charge is 0.336 e. The highest BCUT2D eigenvalue weighted by Gasteiger charge is 2.30. The molecule has 0 radical (unpaired) electrons. The SMILES string of the molecule is CN(C)[C@H]1CCN(C(=O)c2cn(C(c3ccccc3)c3ccccc3)nn2)C1. The van der Waals surface area contributed by atoms with E-state index in [9.17, 15) is 4.79 Å². The van der Waals surface area contributed by atoms with E-state index in [1.165, 1.54) is 0 Å². The van der Waals surface area contributed by atoms with Gasteiger partial charge in [-0.2, -0.15) is 0 Å². The van der Waals surface area contributed by atoms with Gasteiger partial charge in [-0.3, -0.25) is 4.79 Å². The number of likely N-dealkylation sites (tertiary alicyclic amines) is 1. The van der Waals surface area contributed by atoms with Gasteiger partial charge < -0.3 is 9.80 Å². The van der Waals surface area contributed by atoms with Crippen LogP contribution in [0.5, 0.6) is 0 Å². The summed E-state index contributed by atoms with van der Waals surface area (Å²) in [5.74, 6) is -0.0459. The first kappa shape index (κ1) is 18.4. The Morgan fingerprint density at radius 2 is 1.64 bits per heavy atom. The lowest BCUT2D eigenvalue weighted by atomic mass is 9.99. The molecule has 0 bridgehead atoms. The molecular formula is C22H25N5O. The number of hydrogen-bond donors (Lipinski definition) is 0. The van der Waals surface area contributed by atoms with Crippen molar-refractivity contribution >= 4 is 5.91 Å². The van der Waals surface area contributed by atoms with Gasteiger partial charge in [-0.25, -0.2) is 4.68 Å². The van der Waals surface area contributed by atoms with Gasteiger partial charge >= 0.3 is 0 Å². The average molecular weight is 375 g/mol. The fraction of sp³-hybridized carbons (Fsp3) is 0.318. The fourth-order valence-corrected chi connectivity index (χ4v) is 3.78. The van der Waals surface area contributed by atoms with E-state index in [-0.39, 0.29) is 11.9 Å². The molecule has 3 aromatic rings. The average Bonchev–Trinajstić information content (AvgIpc) is 3.40. The van der Waals surface area contributed by atoms with Crippen LogP contribution in [-0.2, 0) is 0 Å². The van der Waals surface area contributed by atoms with Gasteiger partial charge in [-0.15, -0.1) is 5.10 Å². The molecule has 1 aliphatic heterocycles. The Morgan fingerprint density at radius 3 is 2.18 bits per heavy atom. The zero-order valence-electron chi connectivity index (χ0n) is 16.3. The highest BCUT2D eigenvalue weighted by molar-refractivity contribution is 5.92. The molecule has 0 aliphatic carbocycles. The van der Waals surface area contributed by atoms with Gasteiger partial charge in [0.05, 0.1) is 6.20 Å². The van der Waals surface area contributed by atoms with Crippen molar-refractivity contribution in [3.05, 3.63) is 83.7 Å². The van der Waals surface area contributed by atoms with Crippen LogP contribution < -0.4 is 0 Å². The second-order valence-corrected chi connectivity index (χ2v) is 7.46. The molecule has 0 spiro atoms. The van der Waals surface area contributed by atoms with Crippen molar-refractivity contribution < 1.29 is 4.79 Å². The lowest BCUT2D eigenvalue weighted by Gasteiger charge is -2.20. The number of likely N-dealkylation sites (N-methyl/N-ethyl adjacent to an activating group) is 1. The Labute approximate surface area is 165 Å². The van der Waals surface area contributed by atoms with Crippen LogP contribution in [0.4, 0.5) is 0 Å². The second-order valence-electron chi connectivity index (χ2n) is 7.46. The van der Waals surface area contributed by atoms with E-state index in [2.05, 4.69) is 53.6 Å². The van der Waals surface area contributed by atoms with Crippen LogP contribution in [-0.4, -0.2) is 63.9 Å². The maximum absolute atomic E-state index is 12.9. The molecule has 2 aromatic carbocycles. The van der Waals surface area contributed by atoms with E-state index in [0.29, 0.717) is 11.7 Å². The zero-order valence-corrected chi connectivity index (χ0v) is 16.3. The first-order valence-electron chi connectivity index (χ1n) is 9.61. The van der Waals surface area contributed by atoms with Crippen molar-refractivity contribution in [2.75, 3.05) is 27.2 Å². The van der Waals surface area contributed by atoms with Crippen LogP contribution in [0.3, 0.4) is 0 Å². The summed E-state index contributed by atoms with van der Waals surface area (Å²) in [6.45, 7) is 1.49. The number of rotatable bonds is 5. The van der Waals surface area contributed by atoms with E-state index >= 15 is 0 Å². The minimum Gasteiger partial charge on any atom is -0.336 e. The molecule has 1 aliphatic rings. The smallest absolute Gasteiger partial charge is 0.276 e. The van der Waals surface area contributed by atoms with Crippen molar-refractivity contribution in [3.8, 4) is 0 Å². The summed E-state index contributed by atoms with van der Waals surface area (Å²) >= 11 is 0. The monoisotopic (exact) mass is 375 g/mol. The van der Waals surface area contributed by atoms with E-state index in [4.69, 9.17) is 0 Å². The molecule has 1 amide bonds. The molecule has 1 fully saturated rings. The molecule has 144 valence electrons. The summed E-state index contributed by atoms with van der Waals surface area (Å²) in [7, 11) is 4.11. The summed E-state index contributed by atoms with van der Waals surface area (Å²) in [5, 5.41) is 8.54. The highest BCUT2D eigenvalue weighted by atomic mass is 16.2. The maximum Gasteiger partial charge on any atom is 0.276 e. The summed E-state index contributed by atoms with van der Waals surface area (Å²) in [5.41, 5.74) is 2.61. The van der Waals surface area contributed by atoms with Crippen LogP contribution in [0.15, 0.2) is 66.9 Å². The Kier molecular flexibility index (Phi) is 5.21. The molecule has 28 heavy (non-hydrogen) atoms. The van der Waals surface area contributed by atoms with Crippen molar-refractivity contribution in [2.45, 2.75) is 18.5 Å². The Hall–Kier alpha value is -2.99. The van der Waals surface area contributed by atoms with Gasteiger partial charge in [0.1, 0.15) is 6.04 Å². The molecule has 1 saturated heterocycles. The van der Waals surface area contributed by atoms with Crippen LogP contribution in [0.25, 0.3) is 0 Å². The number of amides is 1. The van der Waals surface area contributed by atoms with E-state index in [0.717, 1.165) is 30.6 Å². The number of carbonyl (C=O) groups excluding carboxylic acids is 1. The minimum absolute atomic E-state index is 0.0459. The molecule has 4 rings (SSSR count). The number of hydrogen-bond acceptors (Lipinski definition) is 4. The second kappa shape index (κ2) is 7.94. The van der Waals surface area contributed by atoms with Gasteiger partial charge in [0.15, 0.2) is 5.69 Å². The molecule has 1 aromatic heterocycles. The van der Waals surface area contributed by atoms with Crippen molar-refractivity contribution in [3.63, 3.8) is 0 Å². The molecular weight excluding hydrogens is 350 g/mol. The van der Waals surface area contributed by atoms with E-state index in [1.807, 2.05) is 41.3 Å². The predicted molar refractivity (Wildman–Crippen MR) is 108 cm³/mol. The maximum atomic E-state index is 12.9. The van der Waals surface area contributed by atoms with Crippen LogP contribution in [0.1, 0.15) is 34.1 Å². The van der Waals surface area contributed by atoms with Gasteiger partial charge in [-0.1, -0.05) is 65.9 Å². The topological polar surface area (TPSA) is 54.3 Å². The van der Waals surface area contributed by atoms with Gasteiger partial charge in [0.2, 0.25) is 0 Å². The Bertz CT molecular complexity index is 883. The predicted octanol–water partition coefficient (Wildman–Crippen LogP) is 2.69. The Morgan fingerprint density at radius 1 is 1.04 bits per heavy atom. The fourth-order valence-electron chi connectivity index (χ4n) is 3.78. The summed E-state index contributed by atoms with van der Waals surface area (Å²) in [4.78, 5) is 17.0. The van der Waals surface area contributed by atoms with Crippen LogP contribution in [0.2, 0.25) is 0 Å².